The molecule has 3 atom stereocenters. The van der Waals surface area contributed by atoms with Crippen LogP contribution in [-0.2, 0) is 16.9 Å². The van der Waals surface area contributed by atoms with Gasteiger partial charge in [0.2, 0.25) is 5.82 Å². The fourth-order valence-corrected chi connectivity index (χ4v) is 8.29. The molecule has 2 bridgehead atoms. The van der Waals surface area contributed by atoms with Crippen LogP contribution >= 0.6 is 0 Å². The van der Waals surface area contributed by atoms with E-state index in [0.29, 0.717) is 24.2 Å². The number of carbonyl (C=O) groups excluding carboxylic acids is 1. The zero-order valence-electron chi connectivity index (χ0n) is 24.6. The topological polar surface area (TPSA) is 170 Å². The van der Waals surface area contributed by atoms with Crippen molar-refractivity contribution in [2.24, 2.45) is 7.05 Å². The molecule has 7 heterocycles. The highest BCUT2D eigenvalue weighted by molar-refractivity contribution is 7.91. The number of aromatic amines is 1. The van der Waals surface area contributed by atoms with E-state index in [4.69, 9.17) is 15.7 Å². The zero-order valence-corrected chi connectivity index (χ0v) is 25.4. The maximum absolute atomic E-state index is 13.2. The number of nitrogens with zero attached hydrogens (tertiary/aromatic N) is 8. The third-order valence-corrected chi connectivity index (χ3v) is 10.3. The first-order chi connectivity index (χ1) is 21.7. The molecule has 228 valence electrons. The standard InChI is InChI=1S/C31H30N10O3S/c1-39-15-20-11-17(3-8-25(20)38-39)24-7-4-18(14-33-24)23-9-10-40-28(32)27(45(2,43)44)26(36-30(23)40)19-12-21-5-6-22(13-19)41(21)31(42)29-34-16-35-37-29/h3-4,7-11,14-16,19,21-22H,5-6,12-13,32H2,1-2H3,(H,34,35,37)/t19-,21-,22+. The van der Waals surface area contributed by atoms with E-state index in [1.165, 1.54) is 12.6 Å². The number of nitrogens with one attached hydrogen (secondary N) is 1. The first-order valence-corrected chi connectivity index (χ1v) is 16.6. The number of benzene rings is 1. The lowest BCUT2D eigenvalue weighted by molar-refractivity contribution is 0.0556. The molecular formula is C31H30N10O3S. The molecule has 0 aliphatic carbocycles. The molecule has 2 fully saturated rings. The average molecular weight is 623 g/mol. The van der Waals surface area contributed by atoms with Gasteiger partial charge in [-0.1, -0.05) is 12.1 Å². The summed E-state index contributed by atoms with van der Waals surface area (Å²) in [7, 11) is -1.82. The van der Waals surface area contributed by atoms with Crippen molar-refractivity contribution in [3.8, 4) is 22.4 Å². The van der Waals surface area contributed by atoms with E-state index < -0.39 is 9.84 Å². The number of pyridine rings is 1. The first-order valence-electron chi connectivity index (χ1n) is 14.7. The number of hydrogen-bond acceptors (Lipinski definition) is 9. The van der Waals surface area contributed by atoms with Gasteiger partial charge in [0.05, 0.1) is 16.9 Å². The third kappa shape index (κ3) is 4.46. The number of aryl methyl sites for hydroxylation is 1. The number of nitrogen functional groups attached to an aromatic ring is 1. The molecular weight excluding hydrogens is 592 g/mol. The van der Waals surface area contributed by atoms with E-state index in [-0.39, 0.29) is 40.4 Å². The van der Waals surface area contributed by atoms with E-state index in [9.17, 15) is 13.2 Å². The quantitative estimate of drug-likeness (QED) is 0.292. The third-order valence-electron chi connectivity index (χ3n) is 9.14. The Hall–Kier alpha value is -5.11. The molecule has 14 heteroatoms. The van der Waals surface area contributed by atoms with Gasteiger partial charge in [0.25, 0.3) is 5.91 Å². The lowest BCUT2D eigenvalue weighted by atomic mass is 9.87. The summed E-state index contributed by atoms with van der Waals surface area (Å²) in [6.45, 7) is 0. The molecule has 8 rings (SSSR count). The summed E-state index contributed by atoms with van der Waals surface area (Å²) in [6.07, 6.45) is 10.9. The smallest absolute Gasteiger partial charge is 0.292 e. The minimum absolute atomic E-state index is 0.0517. The maximum Gasteiger partial charge on any atom is 0.292 e. The Kier molecular flexibility index (Phi) is 6.07. The second-order valence-electron chi connectivity index (χ2n) is 12.0. The van der Waals surface area contributed by atoms with Crippen LogP contribution in [0.1, 0.15) is 47.9 Å². The summed E-state index contributed by atoms with van der Waals surface area (Å²) in [5.74, 6) is -0.0366. The molecule has 1 amide bonds. The van der Waals surface area contributed by atoms with Crippen molar-refractivity contribution in [2.45, 2.75) is 48.6 Å². The monoisotopic (exact) mass is 622 g/mol. The normalized spacial score (nSPS) is 20.0. The highest BCUT2D eigenvalue weighted by Crippen LogP contribution is 2.46. The molecule has 1 aromatic carbocycles. The summed E-state index contributed by atoms with van der Waals surface area (Å²) in [5.41, 5.74) is 12.0. The molecule has 2 aliphatic rings. The van der Waals surface area contributed by atoms with Gasteiger partial charge in [-0.05, 0) is 49.9 Å². The molecule has 5 aromatic heterocycles. The summed E-state index contributed by atoms with van der Waals surface area (Å²) >= 11 is 0. The van der Waals surface area contributed by atoms with E-state index in [0.717, 1.165) is 46.1 Å². The molecule has 0 radical (unpaired) electrons. The highest BCUT2D eigenvalue weighted by atomic mass is 32.2. The predicted octanol–water partition coefficient (Wildman–Crippen LogP) is 3.60. The molecule has 0 saturated carbocycles. The number of piperidine rings is 1. The van der Waals surface area contributed by atoms with Gasteiger partial charge in [-0.25, -0.2) is 13.4 Å². The number of nitrogens with two attached hydrogens (primary N) is 1. The zero-order chi connectivity index (χ0) is 31.0. The number of carbonyl (C=O) groups is 1. The predicted molar refractivity (Wildman–Crippen MR) is 167 cm³/mol. The molecule has 13 nitrogen and oxygen atoms in total. The Morgan fingerprint density at radius 1 is 1.07 bits per heavy atom. The summed E-state index contributed by atoms with van der Waals surface area (Å²) in [5, 5.41) is 13.1. The van der Waals surface area contributed by atoms with Crippen molar-refractivity contribution in [1.29, 1.82) is 0 Å². The molecule has 45 heavy (non-hydrogen) atoms. The van der Waals surface area contributed by atoms with E-state index in [1.807, 2.05) is 48.5 Å². The highest BCUT2D eigenvalue weighted by Gasteiger charge is 2.46. The average Bonchev–Trinajstić information content (AvgIpc) is 3.81. The van der Waals surface area contributed by atoms with Crippen LogP contribution in [0.2, 0.25) is 0 Å². The fraction of sp³-hybridized carbons (Fsp3) is 0.290. The van der Waals surface area contributed by atoms with Gasteiger partial charge in [0, 0.05) is 72.0 Å². The van der Waals surface area contributed by atoms with Crippen molar-refractivity contribution >= 4 is 38.1 Å². The Morgan fingerprint density at radius 3 is 2.53 bits per heavy atom. The Morgan fingerprint density at radius 2 is 1.84 bits per heavy atom. The van der Waals surface area contributed by atoms with Crippen LogP contribution in [0.25, 0.3) is 38.9 Å². The van der Waals surface area contributed by atoms with E-state index in [1.54, 1.807) is 21.5 Å². The van der Waals surface area contributed by atoms with Crippen LogP contribution in [-0.4, -0.2) is 76.9 Å². The second-order valence-corrected chi connectivity index (χ2v) is 14.0. The van der Waals surface area contributed by atoms with Crippen molar-refractivity contribution in [1.82, 2.24) is 44.2 Å². The van der Waals surface area contributed by atoms with Gasteiger partial charge < -0.3 is 15.6 Å². The number of amides is 1. The van der Waals surface area contributed by atoms with Crippen molar-refractivity contribution in [3.63, 3.8) is 0 Å². The van der Waals surface area contributed by atoms with Crippen LogP contribution in [0.15, 0.2) is 66.2 Å². The van der Waals surface area contributed by atoms with Gasteiger partial charge in [0.15, 0.2) is 9.84 Å². The van der Waals surface area contributed by atoms with Crippen LogP contribution in [0, 0.1) is 0 Å². The number of H-pyrrole nitrogens is 1. The number of anilines is 1. The summed E-state index contributed by atoms with van der Waals surface area (Å²) < 4.78 is 29.8. The van der Waals surface area contributed by atoms with E-state index >= 15 is 0 Å². The van der Waals surface area contributed by atoms with Gasteiger partial charge in [-0.15, -0.1) is 10.2 Å². The van der Waals surface area contributed by atoms with Crippen LogP contribution in [0.4, 0.5) is 5.82 Å². The van der Waals surface area contributed by atoms with Gasteiger partial charge in [-0.2, -0.15) is 5.10 Å². The lowest BCUT2D eigenvalue weighted by Gasteiger charge is -2.38. The Bertz CT molecular complexity index is 2210. The molecule has 3 N–H and O–H groups in total. The van der Waals surface area contributed by atoms with Crippen molar-refractivity contribution in [2.75, 3.05) is 12.0 Å². The molecule has 2 aliphatic heterocycles. The Labute approximate surface area is 258 Å². The van der Waals surface area contributed by atoms with Crippen LogP contribution in [0.3, 0.4) is 0 Å². The van der Waals surface area contributed by atoms with Crippen molar-refractivity contribution < 1.29 is 13.2 Å². The minimum Gasteiger partial charge on any atom is -0.384 e. The summed E-state index contributed by atoms with van der Waals surface area (Å²) in [6, 6.07) is 11.8. The lowest BCUT2D eigenvalue weighted by Crippen LogP contribution is -2.46. The fourth-order valence-electron chi connectivity index (χ4n) is 7.22. The van der Waals surface area contributed by atoms with Gasteiger partial charge in [0.1, 0.15) is 22.7 Å². The Balaban J connectivity index is 1.17. The minimum atomic E-state index is -3.72. The molecule has 0 spiro atoms. The number of rotatable bonds is 5. The van der Waals surface area contributed by atoms with Gasteiger partial charge >= 0.3 is 0 Å². The van der Waals surface area contributed by atoms with Crippen molar-refractivity contribution in [3.05, 3.63) is 72.8 Å². The molecule has 2 saturated heterocycles. The largest absolute Gasteiger partial charge is 0.384 e. The van der Waals surface area contributed by atoms with Gasteiger partial charge in [-0.3, -0.25) is 18.9 Å². The number of aromatic nitrogens is 8. The second kappa shape index (κ2) is 9.95. The molecule has 0 unspecified atom stereocenters. The number of fused-ring (bicyclic) bond motifs is 4. The number of sulfone groups is 1. The maximum atomic E-state index is 13.2. The van der Waals surface area contributed by atoms with E-state index in [2.05, 4.69) is 26.3 Å². The van der Waals surface area contributed by atoms with Crippen LogP contribution < -0.4 is 5.73 Å². The SMILES string of the molecule is Cn1cc2cc(-c3ccc(-c4ccn5c(N)c(S(C)(=O)=O)c([C@@H]6C[C@H]7CC[C@@H](C6)N7C(=O)c6nnc[nH]6)nc45)cn3)ccc2n1. The first kappa shape index (κ1) is 27.4. The summed E-state index contributed by atoms with van der Waals surface area (Å²) in [4.78, 5) is 27.7. The van der Waals surface area contributed by atoms with Crippen LogP contribution in [0.5, 0.6) is 0 Å². The number of hydrogen-bond donors (Lipinski definition) is 2. The molecule has 6 aromatic rings.